The number of aromatic nitrogens is 1. The number of nitrogens with zero attached hydrogens (tertiary/aromatic N) is 1. The highest BCUT2D eigenvalue weighted by Gasteiger charge is 1.99. The summed E-state index contributed by atoms with van der Waals surface area (Å²) >= 11 is 0. The van der Waals surface area contributed by atoms with Gasteiger partial charge in [-0.1, -0.05) is 24.3 Å². The average Bonchev–Trinajstić information content (AvgIpc) is 2.38. The SMILES string of the molecule is CNc1ccccc1CNc1ccccn1. The third-order valence-electron chi connectivity index (χ3n) is 2.41. The Hall–Kier alpha value is -2.03. The first-order valence-electron chi connectivity index (χ1n) is 5.30. The number of hydrogen-bond acceptors (Lipinski definition) is 3. The van der Waals surface area contributed by atoms with Crippen molar-refractivity contribution in [1.82, 2.24) is 4.98 Å². The van der Waals surface area contributed by atoms with Gasteiger partial charge in [-0.3, -0.25) is 0 Å². The molecule has 0 aliphatic rings. The van der Waals surface area contributed by atoms with Crippen molar-refractivity contribution in [2.75, 3.05) is 17.7 Å². The van der Waals surface area contributed by atoms with E-state index < -0.39 is 0 Å². The molecule has 82 valence electrons. The van der Waals surface area contributed by atoms with E-state index in [0.717, 1.165) is 18.1 Å². The number of anilines is 2. The van der Waals surface area contributed by atoms with E-state index >= 15 is 0 Å². The van der Waals surface area contributed by atoms with E-state index in [-0.39, 0.29) is 0 Å². The van der Waals surface area contributed by atoms with Crippen molar-refractivity contribution in [3.05, 3.63) is 54.2 Å². The first-order valence-corrected chi connectivity index (χ1v) is 5.30. The van der Waals surface area contributed by atoms with Gasteiger partial charge in [-0.05, 0) is 23.8 Å². The zero-order chi connectivity index (χ0) is 11.2. The molecule has 2 aromatic rings. The monoisotopic (exact) mass is 213 g/mol. The van der Waals surface area contributed by atoms with Gasteiger partial charge >= 0.3 is 0 Å². The van der Waals surface area contributed by atoms with Gasteiger partial charge in [0.2, 0.25) is 0 Å². The lowest BCUT2D eigenvalue weighted by Gasteiger charge is -2.10. The van der Waals surface area contributed by atoms with Crippen LogP contribution in [-0.4, -0.2) is 12.0 Å². The zero-order valence-corrected chi connectivity index (χ0v) is 9.27. The maximum absolute atomic E-state index is 4.22. The van der Waals surface area contributed by atoms with Gasteiger partial charge in [0.15, 0.2) is 0 Å². The molecule has 16 heavy (non-hydrogen) atoms. The Kier molecular flexibility index (Phi) is 3.38. The van der Waals surface area contributed by atoms with Gasteiger partial charge in [0.05, 0.1) is 0 Å². The minimum absolute atomic E-state index is 0.772. The molecule has 1 aromatic carbocycles. The predicted octanol–water partition coefficient (Wildman–Crippen LogP) is 2.74. The molecule has 2 rings (SSSR count). The van der Waals surface area contributed by atoms with E-state index in [4.69, 9.17) is 0 Å². The van der Waals surface area contributed by atoms with Crippen LogP contribution in [0.4, 0.5) is 11.5 Å². The molecule has 3 nitrogen and oxygen atoms in total. The number of pyridine rings is 1. The van der Waals surface area contributed by atoms with Crippen molar-refractivity contribution in [3.8, 4) is 0 Å². The summed E-state index contributed by atoms with van der Waals surface area (Å²) in [5.41, 5.74) is 2.38. The van der Waals surface area contributed by atoms with E-state index in [9.17, 15) is 0 Å². The summed E-state index contributed by atoms with van der Waals surface area (Å²) in [6.45, 7) is 0.772. The Morgan fingerprint density at radius 1 is 1.06 bits per heavy atom. The van der Waals surface area contributed by atoms with Gasteiger partial charge < -0.3 is 10.6 Å². The first kappa shape index (κ1) is 10.5. The van der Waals surface area contributed by atoms with Crippen LogP contribution in [-0.2, 0) is 6.54 Å². The van der Waals surface area contributed by atoms with Crippen LogP contribution in [0.5, 0.6) is 0 Å². The fourth-order valence-corrected chi connectivity index (χ4v) is 1.57. The van der Waals surface area contributed by atoms with E-state index in [1.54, 1.807) is 6.20 Å². The Morgan fingerprint density at radius 2 is 1.88 bits per heavy atom. The number of benzene rings is 1. The quantitative estimate of drug-likeness (QED) is 0.820. The summed E-state index contributed by atoms with van der Waals surface area (Å²) in [5, 5.41) is 6.46. The molecule has 0 saturated carbocycles. The number of hydrogen-bond donors (Lipinski definition) is 2. The summed E-state index contributed by atoms with van der Waals surface area (Å²) < 4.78 is 0. The smallest absolute Gasteiger partial charge is 0.126 e. The molecule has 0 spiro atoms. The second-order valence-corrected chi connectivity index (χ2v) is 3.48. The zero-order valence-electron chi connectivity index (χ0n) is 9.27. The van der Waals surface area contributed by atoms with Gasteiger partial charge in [0.25, 0.3) is 0 Å². The molecule has 3 heteroatoms. The standard InChI is InChI=1S/C13H15N3/c1-14-12-7-3-2-6-11(12)10-16-13-8-4-5-9-15-13/h2-9,14H,10H2,1H3,(H,15,16). The fourth-order valence-electron chi connectivity index (χ4n) is 1.57. The maximum atomic E-state index is 4.22. The number of rotatable bonds is 4. The molecular weight excluding hydrogens is 198 g/mol. The number of para-hydroxylation sites is 1. The lowest BCUT2D eigenvalue weighted by molar-refractivity contribution is 1.11. The minimum atomic E-state index is 0.772. The minimum Gasteiger partial charge on any atom is -0.388 e. The third-order valence-corrected chi connectivity index (χ3v) is 2.41. The van der Waals surface area contributed by atoms with Crippen molar-refractivity contribution in [2.24, 2.45) is 0 Å². The summed E-state index contributed by atoms with van der Waals surface area (Å²) in [7, 11) is 1.93. The predicted molar refractivity (Wildman–Crippen MR) is 67.6 cm³/mol. The van der Waals surface area contributed by atoms with E-state index in [1.165, 1.54) is 5.56 Å². The van der Waals surface area contributed by atoms with Gasteiger partial charge in [-0.25, -0.2) is 4.98 Å². The highest BCUT2D eigenvalue weighted by Crippen LogP contribution is 2.15. The summed E-state index contributed by atoms with van der Waals surface area (Å²) in [4.78, 5) is 4.22. The normalized spacial score (nSPS) is 9.81. The molecule has 0 fully saturated rings. The van der Waals surface area contributed by atoms with Gasteiger partial charge in [0, 0.05) is 25.5 Å². The molecule has 0 unspecified atom stereocenters. The lowest BCUT2D eigenvalue weighted by Crippen LogP contribution is -2.03. The van der Waals surface area contributed by atoms with E-state index in [0.29, 0.717) is 0 Å². The molecule has 1 aromatic heterocycles. The Morgan fingerprint density at radius 3 is 2.62 bits per heavy atom. The van der Waals surface area contributed by atoms with Crippen molar-refractivity contribution in [3.63, 3.8) is 0 Å². The van der Waals surface area contributed by atoms with Crippen LogP contribution < -0.4 is 10.6 Å². The van der Waals surface area contributed by atoms with Crippen LogP contribution in [0.15, 0.2) is 48.7 Å². The fraction of sp³-hybridized carbons (Fsp3) is 0.154. The molecular formula is C13H15N3. The molecule has 0 saturated heterocycles. The van der Waals surface area contributed by atoms with Crippen LogP contribution in [0.1, 0.15) is 5.56 Å². The third kappa shape index (κ3) is 2.51. The second-order valence-electron chi connectivity index (χ2n) is 3.48. The Labute approximate surface area is 95.5 Å². The molecule has 0 radical (unpaired) electrons. The van der Waals surface area contributed by atoms with Crippen LogP contribution in [0.2, 0.25) is 0 Å². The van der Waals surface area contributed by atoms with Crippen molar-refractivity contribution >= 4 is 11.5 Å². The van der Waals surface area contributed by atoms with E-state index in [2.05, 4.69) is 27.8 Å². The molecule has 1 heterocycles. The molecule has 0 aliphatic heterocycles. The van der Waals surface area contributed by atoms with Crippen LogP contribution in [0.25, 0.3) is 0 Å². The van der Waals surface area contributed by atoms with Crippen molar-refractivity contribution < 1.29 is 0 Å². The highest BCUT2D eigenvalue weighted by atomic mass is 15.0. The molecule has 0 atom stereocenters. The molecule has 0 bridgehead atoms. The topological polar surface area (TPSA) is 37.0 Å². The summed E-state index contributed by atoms with van der Waals surface area (Å²) in [6.07, 6.45) is 1.78. The Bertz CT molecular complexity index is 440. The second kappa shape index (κ2) is 5.16. The van der Waals surface area contributed by atoms with Crippen molar-refractivity contribution in [1.29, 1.82) is 0 Å². The maximum Gasteiger partial charge on any atom is 0.126 e. The van der Waals surface area contributed by atoms with Crippen LogP contribution >= 0.6 is 0 Å². The summed E-state index contributed by atoms with van der Waals surface area (Å²) in [6, 6.07) is 14.1. The lowest BCUT2D eigenvalue weighted by atomic mass is 10.2. The Balaban J connectivity index is 2.05. The molecule has 2 N–H and O–H groups in total. The highest BCUT2D eigenvalue weighted by molar-refractivity contribution is 5.52. The van der Waals surface area contributed by atoms with E-state index in [1.807, 2.05) is 37.4 Å². The van der Waals surface area contributed by atoms with Gasteiger partial charge in [-0.2, -0.15) is 0 Å². The largest absolute Gasteiger partial charge is 0.388 e. The molecule has 0 aliphatic carbocycles. The summed E-state index contributed by atoms with van der Waals surface area (Å²) in [5.74, 6) is 0.897. The van der Waals surface area contributed by atoms with Crippen LogP contribution in [0.3, 0.4) is 0 Å². The average molecular weight is 213 g/mol. The first-order chi connectivity index (χ1) is 7.90. The number of nitrogens with one attached hydrogen (secondary N) is 2. The van der Waals surface area contributed by atoms with Gasteiger partial charge in [-0.15, -0.1) is 0 Å². The van der Waals surface area contributed by atoms with Crippen molar-refractivity contribution in [2.45, 2.75) is 6.54 Å². The molecule has 0 amide bonds. The van der Waals surface area contributed by atoms with Crippen LogP contribution in [0, 0.1) is 0 Å². The van der Waals surface area contributed by atoms with Gasteiger partial charge in [0.1, 0.15) is 5.82 Å².